The number of hydrogen-bond donors (Lipinski definition) is 1. The van der Waals surface area contributed by atoms with E-state index in [4.69, 9.17) is 9.97 Å². The third-order valence-electron chi connectivity index (χ3n) is 4.81. The van der Waals surface area contributed by atoms with Gasteiger partial charge in [-0.2, -0.15) is 15.1 Å². The largest absolute Gasteiger partial charge is 0.365 e. The molecule has 1 aliphatic rings. The van der Waals surface area contributed by atoms with E-state index in [0.29, 0.717) is 5.95 Å². The molecule has 0 atom stereocenters. The van der Waals surface area contributed by atoms with Crippen LogP contribution in [0, 0.1) is 0 Å². The number of nitrogens with one attached hydrogen (secondary N) is 1. The van der Waals surface area contributed by atoms with Crippen molar-refractivity contribution in [3.05, 3.63) is 64.8 Å². The summed E-state index contributed by atoms with van der Waals surface area (Å²) in [5.74, 6) is 1.54. The molecule has 1 N–H and O–H groups in total. The standard InChI is InChI=1S/C20H19N5S/c1-2-7-14(8-3-1)13-21-18-17-15-9-4-5-10-16(15)26-19(17)24-20(23-18)25-12-6-11-22-25/h1-3,6-8,11-12H,4-5,9-10,13H2,(H,21,23,24). The zero-order valence-electron chi connectivity index (χ0n) is 14.4. The lowest BCUT2D eigenvalue weighted by Crippen LogP contribution is -2.08. The van der Waals surface area contributed by atoms with Crippen molar-refractivity contribution in [2.24, 2.45) is 0 Å². The van der Waals surface area contributed by atoms with Crippen molar-refractivity contribution in [2.75, 3.05) is 5.32 Å². The molecule has 3 heterocycles. The summed E-state index contributed by atoms with van der Waals surface area (Å²) in [6.07, 6.45) is 8.44. The average Bonchev–Trinajstić information content (AvgIpc) is 3.34. The zero-order chi connectivity index (χ0) is 17.3. The summed E-state index contributed by atoms with van der Waals surface area (Å²) in [5.41, 5.74) is 2.68. The molecule has 6 heteroatoms. The minimum atomic E-state index is 0.622. The van der Waals surface area contributed by atoms with Gasteiger partial charge in [-0.3, -0.25) is 0 Å². The van der Waals surface area contributed by atoms with Crippen LogP contribution in [0.4, 0.5) is 5.82 Å². The molecule has 26 heavy (non-hydrogen) atoms. The van der Waals surface area contributed by atoms with Crippen LogP contribution in [0.15, 0.2) is 48.8 Å². The molecular formula is C20H19N5S. The maximum Gasteiger partial charge on any atom is 0.253 e. The number of anilines is 1. The Bertz CT molecular complexity index is 1040. The van der Waals surface area contributed by atoms with E-state index in [1.807, 2.05) is 29.7 Å². The fourth-order valence-corrected chi connectivity index (χ4v) is 4.80. The summed E-state index contributed by atoms with van der Waals surface area (Å²) in [4.78, 5) is 12.2. The van der Waals surface area contributed by atoms with Gasteiger partial charge in [0.2, 0.25) is 0 Å². The fourth-order valence-electron chi connectivity index (χ4n) is 3.55. The Balaban J connectivity index is 1.62. The highest BCUT2D eigenvalue weighted by Gasteiger charge is 2.21. The highest BCUT2D eigenvalue weighted by atomic mass is 32.1. The van der Waals surface area contributed by atoms with Gasteiger partial charge in [0.15, 0.2) is 0 Å². The quantitative estimate of drug-likeness (QED) is 0.586. The van der Waals surface area contributed by atoms with Crippen LogP contribution in [0.2, 0.25) is 0 Å². The second-order valence-corrected chi connectivity index (χ2v) is 7.64. The number of fused-ring (bicyclic) bond motifs is 3. The Kier molecular flexibility index (Phi) is 3.90. The van der Waals surface area contributed by atoms with Crippen LogP contribution in [0.5, 0.6) is 0 Å². The molecule has 0 radical (unpaired) electrons. The van der Waals surface area contributed by atoms with Gasteiger partial charge < -0.3 is 5.32 Å². The number of benzene rings is 1. The van der Waals surface area contributed by atoms with Crippen LogP contribution in [0.3, 0.4) is 0 Å². The van der Waals surface area contributed by atoms with Crippen molar-refractivity contribution in [3.8, 4) is 5.95 Å². The van der Waals surface area contributed by atoms with Crippen LogP contribution >= 0.6 is 11.3 Å². The number of nitrogens with zero attached hydrogens (tertiary/aromatic N) is 4. The minimum absolute atomic E-state index is 0.622. The molecule has 0 bridgehead atoms. The summed E-state index contributed by atoms with van der Waals surface area (Å²) in [7, 11) is 0. The van der Waals surface area contributed by atoms with Crippen LogP contribution in [0.25, 0.3) is 16.2 Å². The molecule has 0 amide bonds. The lowest BCUT2D eigenvalue weighted by atomic mass is 9.97. The first kappa shape index (κ1) is 15.5. The molecule has 130 valence electrons. The van der Waals surface area contributed by atoms with E-state index in [1.165, 1.54) is 34.2 Å². The highest BCUT2D eigenvalue weighted by Crippen LogP contribution is 2.39. The summed E-state index contributed by atoms with van der Waals surface area (Å²) in [5, 5.41) is 9.07. The first-order chi connectivity index (χ1) is 12.9. The Morgan fingerprint density at radius 1 is 1.04 bits per heavy atom. The van der Waals surface area contributed by atoms with Gasteiger partial charge in [-0.15, -0.1) is 11.3 Å². The summed E-state index contributed by atoms with van der Waals surface area (Å²) >= 11 is 1.81. The topological polar surface area (TPSA) is 55.6 Å². The van der Waals surface area contributed by atoms with Gasteiger partial charge in [0.05, 0.1) is 5.39 Å². The van der Waals surface area contributed by atoms with E-state index < -0.39 is 0 Å². The van der Waals surface area contributed by atoms with Crippen molar-refractivity contribution in [3.63, 3.8) is 0 Å². The predicted octanol–water partition coefficient (Wildman–Crippen LogP) is 4.37. The maximum atomic E-state index is 4.82. The molecule has 0 saturated heterocycles. The molecule has 0 spiro atoms. The summed E-state index contributed by atoms with van der Waals surface area (Å²) in [6, 6.07) is 12.3. The second-order valence-electron chi connectivity index (χ2n) is 6.55. The Labute approximate surface area is 155 Å². The zero-order valence-corrected chi connectivity index (χ0v) is 15.2. The molecule has 0 fully saturated rings. The van der Waals surface area contributed by atoms with Crippen LogP contribution in [-0.4, -0.2) is 19.7 Å². The van der Waals surface area contributed by atoms with Gasteiger partial charge in [-0.1, -0.05) is 30.3 Å². The first-order valence-electron chi connectivity index (χ1n) is 8.98. The van der Waals surface area contributed by atoms with Gasteiger partial charge in [-0.25, -0.2) is 4.68 Å². The summed E-state index contributed by atoms with van der Waals surface area (Å²) < 4.78 is 1.73. The van der Waals surface area contributed by atoms with Gasteiger partial charge in [0.25, 0.3) is 5.95 Å². The van der Waals surface area contributed by atoms with Gasteiger partial charge in [0, 0.05) is 23.8 Å². The lowest BCUT2D eigenvalue weighted by molar-refractivity contribution is 0.700. The number of aromatic nitrogens is 4. The molecule has 3 aromatic heterocycles. The highest BCUT2D eigenvalue weighted by molar-refractivity contribution is 7.19. The lowest BCUT2D eigenvalue weighted by Gasteiger charge is -2.13. The Morgan fingerprint density at radius 2 is 1.92 bits per heavy atom. The maximum absolute atomic E-state index is 4.82. The molecule has 0 aliphatic heterocycles. The van der Waals surface area contributed by atoms with Crippen LogP contribution in [-0.2, 0) is 19.4 Å². The van der Waals surface area contributed by atoms with E-state index in [0.717, 1.165) is 30.0 Å². The van der Waals surface area contributed by atoms with Gasteiger partial charge in [0.1, 0.15) is 10.6 Å². The third-order valence-corrected chi connectivity index (χ3v) is 6.00. The van der Waals surface area contributed by atoms with Crippen molar-refractivity contribution >= 4 is 27.4 Å². The van der Waals surface area contributed by atoms with E-state index in [-0.39, 0.29) is 0 Å². The van der Waals surface area contributed by atoms with Crippen molar-refractivity contribution in [1.82, 2.24) is 19.7 Å². The number of aryl methyl sites for hydroxylation is 2. The molecular weight excluding hydrogens is 342 g/mol. The average molecular weight is 361 g/mol. The van der Waals surface area contributed by atoms with Crippen LogP contribution < -0.4 is 5.32 Å². The van der Waals surface area contributed by atoms with Crippen molar-refractivity contribution < 1.29 is 0 Å². The Morgan fingerprint density at radius 3 is 2.77 bits per heavy atom. The first-order valence-corrected chi connectivity index (χ1v) is 9.80. The number of thiophene rings is 1. The third kappa shape index (κ3) is 2.76. The molecule has 4 aromatic rings. The van der Waals surface area contributed by atoms with Gasteiger partial charge >= 0.3 is 0 Å². The van der Waals surface area contributed by atoms with Crippen molar-refractivity contribution in [1.29, 1.82) is 0 Å². The normalized spacial score (nSPS) is 13.7. The SMILES string of the molecule is c1ccc(CNc2nc(-n3cccn3)nc3sc4c(c23)CCCC4)cc1. The minimum Gasteiger partial charge on any atom is -0.365 e. The molecule has 0 unspecified atom stereocenters. The van der Waals surface area contributed by atoms with E-state index >= 15 is 0 Å². The monoisotopic (exact) mass is 361 g/mol. The molecule has 5 nitrogen and oxygen atoms in total. The molecule has 1 aliphatic carbocycles. The fraction of sp³-hybridized carbons (Fsp3) is 0.250. The molecule has 5 rings (SSSR count). The van der Waals surface area contributed by atoms with Crippen LogP contribution in [0.1, 0.15) is 28.8 Å². The van der Waals surface area contributed by atoms with E-state index in [1.54, 1.807) is 10.9 Å². The van der Waals surface area contributed by atoms with Crippen molar-refractivity contribution in [2.45, 2.75) is 32.2 Å². The molecule has 1 aromatic carbocycles. The predicted molar refractivity (Wildman–Crippen MR) is 105 cm³/mol. The number of rotatable bonds is 4. The second kappa shape index (κ2) is 6.53. The van der Waals surface area contributed by atoms with E-state index in [2.05, 4.69) is 34.7 Å². The Hall–Kier alpha value is -2.73. The smallest absolute Gasteiger partial charge is 0.253 e. The van der Waals surface area contributed by atoms with Gasteiger partial charge in [-0.05, 0) is 42.9 Å². The number of hydrogen-bond acceptors (Lipinski definition) is 5. The molecule has 0 saturated carbocycles. The summed E-state index contributed by atoms with van der Waals surface area (Å²) in [6.45, 7) is 0.746. The van der Waals surface area contributed by atoms with E-state index in [9.17, 15) is 0 Å².